The van der Waals surface area contributed by atoms with E-state index < -0.39 is 0 Å². The molecule has 2 aliphatic heterocycles. The number of ether oxygens (including phenoxy) is 1. The van der Waals surface area contributed by atoms with E-state index in [0.29, 0.717) is 11.7 Å². The summed E-state index contributed by atoms with van der Waals surface area (Å²) in [7, 11) is 0. The summed E-state index contributed by atoms with van der Waals surface area (Å²) in [4.78, 5) is 2.16. The number of aryl methyl sites for hydroxylation is 1. The molecule has 2 unspecified atom stereocenters. The van der Waals surface area contributed by atoms with Crippen LogP contribution in [0.5, 0.6) is 0 Å². The van der Waals surface area contributed by atoms with E-state index >= 15 is 0 Å². The lowest BCUT2D eigenvalue weighted by Crippen LogP contribution is -2.44. The predicted molar refractivity (Wildman–Crippen MR) is 113 cm³/mol. The highest BCUT2D eigenvalue weighted by atomic mass is 19.1. The summed E-state index contributed by atoms with van der Waals surface area (Å²) < 4.78 is 22.0. The highest BCUT2D eigenvalue weighted by molar-refractivity contribution is 5.54. The fourth-order valence-electron chi connectivity index (χ4n) is 4.56. The quantitative estimate of drug-likeness (QED) is 0.795. The monoisotopic (exact) mass is 401 g/mol. The van der Waals surface area contributed by atoms with Gasteiger partial charge in [-0.25, -0.2) is 9.07 Å². The lowest BCUT2D eigenvalue weighted by molar-refractivity contribution is -0.0397. The molecule has 0 bridgehead atoms. The number of piperidine rings is 1. The maximum Gasteiger partial charge on any atom is 0.150 e. The Bertz CT molecular complexity index is 804. The molecular weight excluding hydrogens is 369 g/mol. The molecule has 2 saturated heterocycles. The smallest absolute Gasteiger partial charge is 0.150 e. The number of nitrogens with two attached hydrogens (primary N) is 1. The van der Waals surface area contributed by atoms with E-state index in [-0.39, 0.29) is 18.1 Å². The third-order valence-corrected chi connectivity index (χ3v) is 6.14. The van der Waals surface area contributed by atoms with Crippen LogP contribution < -0.4 is 16.0 Å². The molecule has 2 aromatic rings. The number of halogens is 1. The van der Waals surface area contributed by atoms with Crippen LogP contribution in [-0.2, 0) is 4.74 Å². The first-order chi connectivity index (χ1) is 14.0. The summed E-state index contributed by atoms with van der Waals surface area (Å²) in [5.41, 5.74) is 9.58. The number of anilines is 2. The van der Waals surface area contributed by atoms with E-state index in [1.165, 1.54) is 0 Å². The van der Waals surface area contributed by atoms with Crippen LogP contribution in [0.15, 0.2) is 24.4 Å². The zero-order valence-corrected chi connectivity index (χ0v) is 17.4. The average molecular weight is 402 g/mol. The van der Waals surface area contributed by atoms with Crippen LogP contribution in [0.4, 0.5) is 15.8 Å². The van der Waals surface area contributed by atoms with Gasteiger partial charge in [-0.1, -0.05) is 12.1 Å². The second-order valence-corrected chi connectivity index (χ2v) is 8.33. The minimum Gasteiger partial charge on any atom is -0.396 e. The third kappa shape index (κ3) is 4.41. The normalized spacial score (nSPS) is 22.0. The van der Waals surface area contributed by atoms with Crippen molar-refractivity contribution in [3.05, 3.63) is 41.5 Å². The van der Waals surface area contributed by atoms with Gasteiger partial charge in [0.15, 0.2) is 0 Å². The molecule has 29 heavy (non-hydrogen) atoms. The third-order valence-electron chi connectivity index (χ3n) is 6.14. The summed E-state index contributed by atoms with van der Waals surface area (Å²) in [5.74, 6) is -0.131. The summed E-state index contributed by atoms with van der Waals surface area (Å²) in [6.07, 6.45) is 7.08. The number of benzene rings is 1. The molecule has 0 amide bonds. The molecule has 3 heterocycles. The molecule has 4 rings (SSSR count). The molecule has 2 fully saturated rings. The first kappa shape index (κ1) is 20.2. The van der Waals surface area contributed by atoms with E-state index in [2.05, 4.69) is 17.1 Å². The van der Waals surface area contributed by atoms with Gasteiger partial charge in [0.05, 0.1) is 23.6 Å². The molecule has 2 atom stereocenters. The van der Waals surface area contributed by atoms with Crippen LogP contribution in [0.2, 0.25) is 0 Å². The highest BCUT2D eigenvalue weighted by Crippen LogP contribution is 2.29. The topological polar surface area (TPSA) is 68.3 Å². The van der Waals surface area contributed by atoms with Gasteiger partial charge in [0.25, 0.3) is 0 Å². The molecule has 0 spiro atoms. The van der Waals surface area contributed by atoms with Crippen LogP contribution in [0.25, 0.3) is 0 Å². The van der Waals surface area contributed by atoms with Crippen LogP contribution in [-0.4, -0.2) is 35.5 Å². The molecule has 1 aromatic heterocycles. The first-order valence-electron chi connectivity index (χ1n) is 10.7. The molecule has 1 aromatic carbocycles. The van der Waals surface area contributed by atoms with Gasteiger partial charge >= 0.3 is 0 Å². The van der Waals surface area contributed by atoms with Crippen LogP contribution in [0.3, 0.4) is 0 Å². The maximum atomic E-state index is 14.3. The number of rotatable bonds is 5. The Hall–Kier alpha value is -2.12. The Kier molecular flexibility index (Phi) is 6.06. The fourth-order valence-corrected chi connectivity index (χ4v) is 4.56. The molecule has 0 saturated carbocycles. The second kappa shape index (κ2) is 8.71. The van der Waals surface area contributed by atoms with Crippen LogP contribution in [0.1, 0.15) is 62.6 Å². The van der Waals surface area contributed by atoms with Crippen molar-refractivity contribution in [2.24, 2.45) is 0 Å². The van der Waals surface area contributed by atoms with Gasteiger partial charge in [0, 0.05) is 25.7 Å². The zero-order chi connectivity index (χ0) is 20.4. The van der Waals surface area contributed by atoms with E-state index in [9.17, 15) is 4.39 Å². The Morgan fingerprint density at radius 2 is 2.03 bits per heavy atom. The molecule has 2 aliphatic rings. The molecular formula is C22H32FN5O. The molecule has 0 radical (unpaired) electrons. The molecule has 0 aliphatic carbocycles. The maximum absolute atomic E-state index is 14.3. The van der Waals surface area contributed by atoms with E-state index in [1.807, 2.05) is 23.9 Å². The number of nitrogen functional groups attached to an aromatic ring is 1. The van der Waals surface area contributed by atoms with Gasteiger partial charge in [0.1, 0.15) is 17.7 Å². The first-order valence-corrected chi connectivity index (χ1v) is 10.7. The zero-order valence-electron chi connectivity index (χ0n) is 17.4. The van der Waals surface area contributed by atoms with Crippen molar-refractivity contribution in [1.29, 1.82) is 0 Å². The van der Waals surface area contributed by atoms with Gasteiger partial charge in [0.2, 0.25) is 0 Å². The van der Waals surface area contributed by atoms with Crippen molar-refractivity contribution in [2.75, 3.05) is 30.3 Å². The van der Waals surface area contributed by atoms with Crippen molar-refractivity contribution in [2.45, 2.75) is 64.3 Å². The SMILES string of the molecule is Cc1cccc(F)c1N1CCC(NC(C)c2nn(C3CCCCO3)cc2N)CC1. The van der Waals surface area contributed by atoms with Crippen molar-refractivity contribution >= 4 is 11.4 Å². The minimum absolute atomic E-state index is 0.000697. The molecule has 6 nitrogen and oxygen atoms in total. The number of nitrogens with zero attached hydrogens (tertiary/aromatic N) is 3. The molecule has 158 valence electrons. The summed E-state index contributed by atoms with van der Waals surface area (Å²) >= 11 is 0. The average Bonchev–Trinajstić information content (AvgIpc) is 3.12. The van der Waals surface area contributed by atoms with Gasteiger partial charge in [-0.05, 0) is 57.6 Å². The minimum atomic E-state index is -0.131. The van der Waals surface area contributed by atoms with Gasteiger partial charge in [-0.2, -0.15) is 5.10 Å². The van der Waals surface area contributed by atoms with Crippen LogP contribution in [0, 0.1) is 12.7 Å². The number of hydrogen-bond acceptors (Lipinski definition) is 5. The number of hydrogen-bond donors (Lipinski definition) is 2. The standard InChI is InChI=1S/C22H32FN5O/c1-15-6-5-7-18(23)22(15)27-11-9-17(10-12-27)25-16(2)21-19(24)14-28(26-21)20-8-3-4-13-29-20/h5-7,14,16-17,20,25H,3-4,8-13,24H2,1-2H3. The van der Waals surface area contributed by atoms with E-state index in [1.54, 1.807) is 12.1 Å². The molecule has 3 N–H and O–H groups in total. The Balaban J connectivity index is 1.35. The summed E-state index contributed by atoms with van der Waals surface area (Å²) in [6, 6.07) is 5.71. The van der Waals surface area contributed by atoms with Gasteiger partial charge in [-0.15, -0.1) is 0 Å². The van der Waals surface area contributed by atoms with E-state index in [4.69, 9.17) is 15.6 Å². The largest absolute Gasteiger partial charge is 0.396 e. The van der Waals surface area contributed by atoms with Crippen molar-refractivity contribution in [3.8, 4) is 0 Å². The number of para-hydroxylation sites is 1. The Morgan fingerprint density at radius 3 is 2.72 bits per heavy atom. The molecule has 7 heteroatoms. The van der Waals surface area contributed by atoms with Crippen LogP contribution >= 0.6 is 0 Å². The highest BCUT2D eigenvalue weighted by Gasteiger charge is 2.26. The Morgan fingerprint density at radius 1 is 1.24 bits per heavy atom. The lowest BCUT2D eigenvalue weighted by Gasteiger charge is -2.36. The predicted octanol–water partition coefficient (Wildman–Crippen LogP) is 3.93. The Labute approximate surface area is 172 Å². The van der Waals surface area contributed by atoms with E-state index in [0.717, 1.165) is 68.7 Å². The summed E-state index contributed by atoms with van der Waals surface area (Å²) in [6.45, 7) is 6.55. The van der Waals surface area contributed by atoms with Gasteiger partial charge < -0.3 is 20.7 Å². The van der Waals surface area contributed by atoms with Crippen molar-refractivity contribution in [3.63, 3.8) is 0 Å². The van der Waals surface area contributed by atoms with Crippen molar-refractivity contribution < 1.29 is 9.13 Å². The lowest BCUT2D eigenvalue weighted by atomic mass is 10.0. The summed E-state index contributed by atoms with van der Waals surface area (Å²) in [5, 5.41) is 8.41. The van der Waals surface area contributed by atoms with Gasteiger partial charge in [-0.3, -0.25) is 0 Å². The second-order valence-electron chi connectivity index (χ2n) is 8.33. The fraction of sp³-hybridized carbons (Fsp3) is 0.591. The number of aromatic nitrogens is 2. The van der Waals surface area contributed by atoms with Crippen molar-refractivity contribution in [1.82, 2.24) is 15.1 Å². The number of nitrogens with one attached hydrogen (secondary N) is 1.